The molecule has 21 heavy (non-hydrogen) atoms. The lowest BCUT2D eigenvalue weighted by atomic mass is 9.94. The van der Waals surface area contributed by atoms with Crippen LogP contribution in [0.1, 0.15) is 18.4 Å². The van der Waals surface area contributed by atoms with Gasteiger partial charge in [0.05, 0.1) is 13.2 Å². The molecule has 0 saturated carbocycles. The number of ether oxygens (including phenoxy) is 1. The minimum atomic E-state index is 0.198. The van der Waals surface area contributed by atoms with E-state index >= 15 is 0 Å². The second-order valence-electron chi connectivity index (χ2n) is 5.99. The summed E-state index contributed by atoms with van der Waals surface area (Å²) in [6.45, 7) is 7.01. The molecule has 1 aromatic carbocycles. The minimum Gasteiger partial charge on any atom is -0.378 e. The summed E-state index contributed by atoms with van der Waals surface area (Å²) < 4.78 is 5.32. The van der Waals surface area contributed by atoms with E-state index in [0.29, 0.717) is 19.1 Å². The summed E-state index contributed by atoms with van der Waals surface area (Å²) in [7, 11) is 0. The maximum atomic E-state index is 12.5. The number of anilines is 1. The van der Waals surface area contributed by atoms with E-state index in [0.717, 1.165) is 39.0 Å². The lowest BCUT2D eigenvalue weighted by Crippen LogP contribution is -2.46. The van der Waals surface area contributed by atoms with E-state index < -0.39 is 0 Å². The fourth-order valence-corrected chi connectivity index (χ4v) is 3.33. The van der Waals surface area contributed by atoms with Gasteiger partial charge in [-0.15, -0.1) is 0 Å². The van der Waals surface area contributed by atoms with Crippen molar-refractivity contribution in [1.29, 1.82) is 0 Å². The Morgan fingerprint density at radius 1 is 1.10 bits per heavy atom. The molecule has 0 N–H and O–H groups in total. The molecule has 0 aliphatic carbocycles. The van der Waals surface area contributed by atoms with Gasteiger partial charge in [-0.05, 0) is 31.4 Å². The Balaban J connectivity index is 1.57. The first-order chi connectivity index (χ1) is 10.3. The van der Waals surface area contributed by atoms with Gasteiger partial charge in [0.2, 0.25) is 5.91 Å². The van der Waals surface area contributed by atoms with Gasteiger partial charge in [-0.2, -0.15) is 0 Å². The molecule has 3 rings (SSSR count). The van der Waals surface area contributed by atoms with Gasteiger partial charge in [-0.3, -0.25) is 4.79 Å². The lowest BCUT2D eigenvalue weighted by Gasteiger charge is -2.37. The Hall–Kier alpha value is -1.55. The molecule has 0 bridgehead atoms. The third kappa shape index (κ3) is 3.21. The van der Waals surface area contributed by atoms with Crippen molar-refractivity contribution in [2.24, 2.45) is 5.92 Å². The highest BCUT2D eigenvalue weighted by molar-refractivity contribution is 5.79. The molecule has 4 nitrogen and oxygen atoms in total. The van der Waals surface area contributed by atoms with Crippen LogP contribution in [0.15, 0.2) is 24.3 Å². The van der Waals surface area contributed by atoms with E-state index in [2.05, 4.69) is 36.1 Å². The van der Waals surface area contributed by atoms with Gasteiger partial charge in [0.15, 0.2) is 0 Å². The number of para-hydroxylation sites is 1. The monoisotopic (exact) mass is 288 g/mol. The SMILES string of the molecule is Cc1ccccc1N1CCC(C(=O)N2CCOCC2)CC1. The zero-order valence-corrected chi connectivity index (χ0v) is 12.8. The normalized spacial score (nSPS) is 20.6. The summed E-state index contributed by atoms with van der Waals surface area (Å²) in [6.07, 6.45) is 1.93. The van der Waals surface area contributed by atoms with Crippen molar-refractivity contribution >= 4 is 11.6 Å². The molecule has 2 aliphatic rings. The van der Waals surface area contributed by atoms with Crippen LogP contribution in [-0.4, -0.2) is 50.2 Å². The van der Waals surface area contributed by atoms with Crippen molar-refractivity contribution in [1.82, 2.24) is 4.90 Å². The van der Waals surface area contributed by atoms with Gasteiger partial charge in [0, 0.05) is 37.8 Å². The van der Waals surface area contributed by atoms with E-state index in [1.807, 2.05) is 4.90 Å². The summed E-state index contributed by atoms with van der Waals surface area (Å²) in [6, 6.07) is 8.50. The van der Waals surface area contributed by atoms with Crippen molar-refractivity contribution in [3.8, 4) is 0 Å². The average molecular weight is 288 g/mol. The molecule has 0 aromatic heterocycles. The number of aryl methyl sites for hydroxylation is 1. The maximum Gasteiger partial charge on any atom is 0.225 e. The third-order valence-corrected chi connectivity index (χ3v) is 4.62. The van der Waals surface area contributed by atoms with Crippen molar-refractivity contribution in [2.45, 2.75) is 19.8 Å². The highest BCUT2D eigenvalue weighted by atomic mass is 16.5. The topological polar surface area (TPSA) is 32.8 Å². The largest absolute Gasteiger partial charge is 0.378 e. The van der Waals surface area contributed by atoms with Gasteiger partial charge in [0.1, 0.15) is 0 Å². The molecule has 0 spiro atoms. The summed E-state index contributed by atoms with van der Waals surface area (Å²) in [5, 5.41) is 0. The van der Waals surface area contributed by atoms with Crippen LogP contribution in [-0.2, 0) is 9.53 Å². The van der Waals surface area contributed by atoms with Crippen LogP contribution in [0.2, 0.25) is 0 Å². The second kappa shape index (κ2) is 6.48. The summed E-state index contributed by atoms with van der Waals surface area (Å²) >= 11 is 0. The first-order valence-corrected chi connectivity index (χ1v) is 7.93. The fourth-order valence-electron chi connectivity index (χ4n) is 3.33. The number of hydrogen-bond donors (Lipinski definition) is 0. The molecule has 114 valence electrons. The molecule has 1 amide bonds. The highest BCUT2D eigenvalue weighted by Gasteiger charge is 2.29. The van der Waals surface area contributed by atoms with Crippen LogP contribution in [0.3, 0.4) is 0 Å². The molecule has 2 fully saturated rings. The quantitative estimate of drug-likeness (QED) is 0.835. The van der Waals surface area contributed by atoms with Crippen LogP contribution in [0.5, 0.6) is 0 Å². The summed E-state index contributed by atoms with van der Waals surface area (Å²) in [5.41, 5.74) is 2.63. The van der Waals surface area contributed by atoms with Gasteiger partial charge in [-0.25, -0.2) is 0 Å². The smallest absolute Gasteiger partial charge is 0.225 e. The number of hydrogen-bond acceptors (Lipinski definition) is 3. The average Bonchev–Trinajstić information content (AvgIpc) is 2.56. The maximum absolute atomic E-state index is 12.5. The van der Waals surface area contributed by atoms with Crippen LogP contribution in [0.4, 0.5) is 5.69 Å². The molecule has 1 aromatic rings. The second-order valence-corrected chi connectivity index (χ2v) is 5.99. The van der Waals surface area contributed by atoms with Crippen molar-refractivity contribution in [3.63, 3.8) is 0 Å². The molecular formula is C17H24N2O2. The third-order valence-electron chi connectivity index (χ3n) is 4.62. The number of morpholine rings is 1. The highest BCUT2D eigenvalue weighted by Crippen LogP contribution is 2.27. The van der Waals surface area contributed by atoms with E-state index in [-0.39, 0.29) is 5.92 Å². The predicted octanol–water partition coefficient (Wildman–Crippen LogP) is 2.07. The molecule has 2 aliphatic heterocycles. The number of piperidine rings is 1. The van der Waals surface area contributed by atoms with Gasteiger partial charge < -0.3 is 14.5 Å². The van der Waals surface area contributed by atoms with Crippen LogP contribution >= 0.6 is 0 Å². The summed E-state index contributed by atoms with van der Waals surface area (Å²) in [4.78, 5) is 16.9. The number of amides is 1. The van der Waals surface area contributed by atoms with Crippen molar-refractivity contribution in [2.75, 3.05) is 44.3 Å². The van der Waals surface area contributed by atoms with E-state index in [4.69, 9.17) is 4.74 Å². The lowest BCUT2D eigenvalue weighted by molar-refractivity contribution is -0.140. The fraction of sp³-hybridized carbons (Fsp3) is 0.588. The van der Waals surface area contributed by atoms with Gasteiger partial charge in [-0.1, -0.05) is 18.2 Å². The van der Waals surface area contributed by atoms with Crippen molar-refractivity contribution < 1.29 is 9.53 Å². The van der Waals surface area contributed by atoms with Crippen LogP contribution in [0, 0.1) is 12.8 Å². The molecule has 4 heteroatoms. The Labute approximate surface area is 126 Å². The van der Waals surface area contributed by atoms with E-state index in [9.17, 15) is 4.79 Å². The van der Waals surface area contributed by atoms with Gasteiger partial charge in [0.25, 0.3) is 0 Å². The summed E-state index contributed by atoms with van der Waals surface area (Å²) in [5.74, 6) is 0.533. The van der Waals surface area contributed by atoms with E-state index in [1.54, 1.807) is 0 Å². The van der Waals surface area contributed by atoms with E-state index in [1.165, 1.54) is 11.3 Å². The van der Waals surface area contributed by atoms with Crippen molar-refractivity contribution in [3.05, 3.63) is 29.8 Å². The molecule has 0 radical (unpaired) electrons. The van der Waals surface area contributed by atoms with Crippen LogP contribution < -0.4 is 4.90 Å². The Morgan fingerprint density at radius 3 is 2.43 bits per heavy atom. The zero-order chi connectivity index (χ0) is 14.7. The van der Waals surface area contributed by atoms with Gasteiger partial charge >= 0.3 is 0 Å². The Bertz CT molecular complexity index is 489. The Kier molecular flexibility index (Phi) is 4.44. The number of rotatable bonds is 2. The molecule has 0 unspecified atom stereocenters. The Morgan fingerprint density at radius 2 is 1.76 bits per heavy atom. The zero-order valence-electron chi connectivity index (χ0n) is 12.8. The number of nitrogens with zero attached hydrogens (tertiary/aromatic N) is 2. The number of carbonyl (C=O) groups is 1. The molecule has 2 heterocycles. The minimum absolute atomic E-state index is 0.198. The molecule has 2 saturated heterocycles. The van der Waals surface area contributed by atoms with Crippen LogP contribution in [0.25, 0.3) is 0 Å². The number of carbonyl (C=O) groups excluding carboxylic acids is 1. The first kappa shape index (κ1) is 14.4. The standard InChI is InChI=1S/C17H24N2O2/c1-14-4-2-3-5-16(14)18-8-6-15(7-9-18)17(20)19-10-12-21-13-11-19/h2-5,15H,6-13H2,1H3. The number of benzene rings is 1. The predicted molar refractivity (Wildman–Crippen MR) is 83.5 cm³/mol. The molecular weight excluding hydrogens is 264 g/mol. The molecule has 0 atom stereocenters. The first-order valence-electron chi connectivity index (χ1n) is 7.93.